The Morgan fingerprint density at radius 2 is 1.53 bits per heavy atom. The molecule has 0 spiro atoms. The summed E-state index contributed by atoms with van der Waals surface area (Å²) in [5.74, 6) is -1.18. The minimum absolute atomic E-state index is 0.176. The monoisotopic (exact) mass is 488 g/mol. The molecule has 0 atom stereocenters. The number of nitrogens with zero attached hydrogens (tertiary/aromatic N) is 1. The Morgan fingerprint density at radius 3 is 2.25 bits per heavy atom. The summed E-state index contributed by atoms with van der Waals surface area (Å²) in [4.78, 5) is 36.0. The number of hydrogen-bond donors (Lipinski definition) is 3. The number of carbonyl (C=O) groups is 3. The molecule has 3 amide bonds. The maximum atomic E-state index is 12.1. The van der Waals surface area contributed by atoms with Gasteiger partial charge in [0.15, 0.2) is 18.1 Å². The second kappa shape index (κ2) is 13.3. The fourth-order valence-corrected chi connectivity index (χ4v) is 3.06. The van der Waals surface area contributed by atoms with Gasteiger partial charge in [0, 0.05) is 13.1 Å². The first-order valence-electron chi connectivity index (χ1n) is 11.2. The molecule has 0 aliphatic heterocycles. The molecule has 186 valence electrons. The Balaban J connectivity index is 1.45. The largest absolute Gasteiger partial charge is 0.493 e. The minimum atomic E-state index is -0.883. The first-order valence-corrected chi connectivity index (χ1v) is 11.2. The zero-order chi connectivity index (χ0) is 25.8. The fraction of sp³-hybridized carbons (Fsp3) is 0.185. The topological polar surface area (TPSA) is 118 Å². The Morgan fingerprint density at radius 1 is 0.833 bits per heavy atom. The molecule has 36 heavy (non-hydrogen) atoms. The van der Waals surface area contributed by atoms with Gasteiger partial charge in [0.05, 0.1) is 13.3 Å². The summed E-state index contributed by atoms with van der Waals surface area (Å²) in [6, 6.07) is 22.1. The average molecular weight is 489 g/mol. The van der Waals surface area contributed by atoms with Crippen molar-refractivity contribution < 1.29 is 23.9 Å². The van der Waals surface area contributed by atoms with Crippen LogP contribution in [0.2, 0.25) is 0 Å². The molecule has 0 saturated heterocycles. The average Bonchev–Trinajstić information content (AvgIpc) is 2.91. The Hall–Kier alpha value is -4.66. The Kier molecular flexibility index (Phi) is 9.58. The van der Waals surface area contributed by atoms with Gasteiger partial charge < -0.3 is 20.1 Å². The predicted molar refractivity (Wildman–Crippen MR) is 136 cm³/mol. The third-order valence-corrected chi connectivity index (χ3v) is 5.04. The van der Waals surface area contributed by atoms with Gasteiger partial charge in [-0.2, -0.15) is 5.10 Å². The lowest BCUT2D eigenvalue weighted by Gasteiger charge is -2.11. The number of carbonyl (C=O) groups excluding carboxylic acids is 3. The van der Waals surface area contributed by atoms with Gasteiger partial charge in [-0.15, -0.1) is 0 Å². The molecule has 3 rings (SSSR count). The molecular weight excluding hydrogens is 460 g/mol. The number of ether oxygens (including phenoxy) is 2. The van der Waals surface area contributed by atoms with Crippen LogP contribution >= 0.6 is 0 Å². The number of benzene rings is 3. The lowest BCUT2D eigenvalue weighted by atomic mass is 10.1. The van der Waals surface area contributed by atoms with Crippen molar-refractivity contribution in [3.05, 3.63) is 95.1 Å². The summed E-state index contributed by atoms with van der Waals surface area (Å²) in [6.45, 7) is 2.44. The quantitative estimate of drug-likeness (QED) is 0.230. The molecule has 9 heteroatoms. The molecule has 3 aromatic rings. The zero-order valence-electron chi connectivity index (χ0n) is 20.1. The number of nitrogens with one attached hydrogen (secondary N) is 3. The van der Waals surface area contributed by atoms with Crippen molar-refractivity contribution in [2.24, 2.45) is 5.10 Å². The molecule has 0 saturated carbocycles. The van der Waals surface area contributed by atoms with E-state index in [-0.39, 0.29) is 19.1 Å². The van der Waals surface area contributed by atoms with Gasteiger partial charge in [0.2, 0.25) is 0 Å². The highest BCUT2D eigenvalue weighted by molar-refractivity contribution is 6.35. The van der Waals surface area contributed by atoms with E-state index in [2.05, 4.69) is 21.2 Å². The SMILES string of the molecule is COc1cc(/C=N\NC(=O)C(=O)NCc2ccc(C)cc2)ccc1OCC(=O)NCc1ccccc1. The molecule has 3 aromatic carbocycles. The lowest BCUT2D eigenvalue weighted by molar-refractivity contribution is -0.139. The number of amides is 3. The van der Waals surface area contributed by atoms with E-state index in [9.17, 15) is 14.4 Å². The highest BCUT2D eigenvalue weighted by atomic mass is 16.5. The van der Waals surface area contributed by atoms with Crippen LogP contribution in [-0.2, 0) is 27.5 Å². The van der Waals surface area contributed by atoms with Crippen molar-refractivity contribution in [1.82, 2.24) is 16.1 Å². The van der Waals surface area contributed by atoms with Crippen molar-refractivity contribution in [3.8, 4) is 11.5 Å². The van der Waals surface area contributed by atoms with Crippen molar-refractivity contribution in [2.45, 2.75) is 20.0 Å². The van der Waals surface area contributed by atoms with Gasteiger partial charge in [-0.25, -0.2) is 5.43 Å². The highest BCUT2D eigenvalue weighted by Gasteiger charge is 2.12. The van der Waals surface area contributed by atoms with Crippen LogP contribution in [0.25, 0.3) is 0 Å². The Labute approximate surface area is 209 Å². The molecular formula is C27H28N4O5. The molecule has 0 aliphatic rings. The van der Waals surface area contributed by atoms with Crippen LogP contribution in [0.4, 0.5) is 0 Å². The van der Waals surface area contributed by atoms with Crippen molar-refractivity contribution in [1.29, 1.82) is 0 Å². The third-order valence-electron chi connectivity index (χ3n) is 5.04. The predicted octanol–water partition coefficient (Wildman–Crippen LogP) is 2.47. The first kappa shape index (κ1) is 26.0. The number of hydrazone groups is 1. The van der Waals surface area contributed by atoms with Crippen LogP contribution < -0.4 is 25.5 Å². The van der Waals surface area contributed by atoms with Gasteiger partial charge in [0.1, 0.15) is 0 Å². The van der Waals surface area contributed by atoms with E-state index < -0.39 is 11.8 Å². The van der Waals surface area contributed by atoms with Crippen LogP contribution in [0.3, 0.4) is 0 Å². The van der Waals surface area contributed by atoms with Crippen molar-refractivity contribution in [2.75, 3.05) is 13.7 Å². The lowest BCUT2D eigenvalue weighted by Crippen LogP contribution is -2.37. The standard InChI is InChI=1S/C27H28N4O5/c1-19-8-10-21(11-9-19)16-29-26(33)27(34)31-30-17-22-12-13-23(24(14-22)35-2)36-18-25(32)28-15-20-6-4-3-5-7-20/h3-14,17H,15-16,18H2,1-2H3,(H,28,32)(H,29,33)(H,31,34)/b30-17-. The number of methoxy groups -OCH3 is 1. The summed E-state index contributed by atoms with van der Waals surface area (Å²) in [5, 5.41) is 9.14. The van der Waals surface area contributed by atoms with Gasteiger partial charge >= 0.3 is 11.8 Å². The zero-order valence-corrected chi connectivity index (χ0v) is 20.1. The maximum absolute atomic E-state index is 12.1. The van der Waals surface area contributed by atoms with E-state index in [0.29, 0.717) is 23.6 Å². The Bertz CT molecular complexity index is 1210. The van der Waals surface area contributed by atoms with Gasteiger partial charge in [-0.1, -0.05) is 60.2 Å². The minimum Gasteiger partial charge on any atom is -0.493 e. The van der Waals surface area contributed by atoms with Crippen LogP contribution in [0.5, 0.6) is 11.5 Å². The van der Waals surface area contributed by atoms with Crippen LogP contribution in [0.1, 0.15) is 22.3 Å². The van der Waals surface area contributed by atoms with E-state index >= 15 is 0 Å². The van der Waals surface area contributed by atoms with Crippen LogP contribution in [0.15, 0.2) is 77.9 Å². The maximum Gasteiger partial charge on any atom is 0.329 e. The summed E-state index contributed by atoms with van der Waals surface area (Å²) in [5.41, 5.74) is 5.76. The molecule has 9 nitrogen and oxygen atoms in total. The van der Waals surface area contributed by atoms with E-state index in [1.165, 1.54) is 13.3 Å². The van der Waals surface area contributed by atoms with Crippen LogP contribution in [0, 0.1) is 6.92 Å². The normalized spacial score (nSPS) is 10.5. The summed E-state index contributed by atoms with van der Waals surface area (Å²) >= 11 is 0. The molecule has 0 aliphatic carbocycles. The van der Waals surface area contributed by atoms with E-state index in [0.717, 1.165) is 16.7 Å². The van der Waals surface area contributed by atoms with Gasteiger partial charge in [-0.05, 0) is 41.8 Å². The molecule has 0 fully saturated rings. The molecule has 0 heterocycles. The van der Waals surface area contributed by atoms with Gasteiger partial charge in [0.25, 0.3) is 5.91 Å². The van der Waals surface area contributed by atoms with Crippen molar-refractivity contribution >= 4 is 23.9 Å². The number of rotatable bonds is 10. The van der Waals surface area contributed by atoms with E-state index in [1.807, 2.05) is 61.5 Å². The first-order chi connectivity index (χ1) is 17.4. The smallest absolute Gasteiger partial charge is 0.329 e. The summed E-state index contributed by atoms with van der Waals surface area (Å²) in [6.07, 6.45) is 1.37. The molecule has 3 N–H and O–H groups in total. The second-order valence-electron chi connectivity index (χ2n) is 7.83. The third kappa shape index (κ3) is 8.28. The number of aryl methyl sites for hydroxylation is 1. The number of hydrogen-bond acceptors (Lipinski definition) is 6. The van der Waals surface area contributed by atoms with Crippen molar-refractivity contribution in [3.63, 3.8) is 0 Å². The highest BCUT2D eigenvalue weighted by Crippen LogP contribution is 2.27. The van der Waals surface area contributed by atoms with E-state index in [4.69, 9.17) is 9.47 Å². The second-order valence-corrected chi connectivity index (χ2v) is 7.83. The molecule has 0 unspecified atom stereocenters. The van der Waals surface area contributed by atoms with Crippen LogP contribution in [-0.4, -0.2) is 37.7 Å². The molecule has 0 aromatic heterocycles. The summed E-state index contributed by atoms with van der Waals surface area (Å²) in [7, 11) is 1.47. The molecule has 0 radical (unpaired) electrons. The van der Waals surface area contributed by atoms with E-state index in [1.54, 1.807) is 18.2 Å². The summed E-state index contributed by atoms with van der Waals surface area (Å²) < 4.78 is 10.9. The molecule has 0 bridgehead atoms. The fourth-order valence-electron chi connectivity index (χ4n) is 3.06. The van der Waals surface area contributed by atoms with Gasteiger partial charge in [-0.3, -0.25) is 14.4 Å².